The van der Waals surface area contributed by atoms with E-state index in [1.165, 1.54) is 0 Å². The monoisotopic (exact) mass is 466 g/mol. The normalized spacial score (nSPS) is 21.3. The number of ether oxygens (including phenoxy) is 2. The Morgan fingerprint density at radius 1 is 1.09 bits per heavy atom. The second-order valence-electron chi connectivity index (χ2n) is 9.07. The Kier molecular flexibility index (Phi) is 7.67. The molecule has 1 aromatic carbocycles. The van der Waals surface area contributed by atoms with Gasteiger partial charge in [0.25, 0.3) is 11.8 Å². The van der Waals surface area contributed by atoms with Gasteiger partial charge in [0, 0.05) is 55.7 Å². The van der Waals surface area contributed by atoms with Crippen molar-refractivity contribution in [3.8, 4) is 5.75 Å². The number of anilines is 1. The van der Waals surface area contributed by atoms with Gasteiger partial charge >= 0.3 is 0 Å². The first-order valence-electron chi connectivity index (χ1n) is 12.0. The first-order valence-corrected chi connectivity index (χ1v) is 12.0. The van der Waals surface area contributed by atoms with Crippen LogP contribution in [0.5, 0.6) is 5.75 Å². The molecular formula is C26H34N4O4. The van der Waals surface area contributed by atoms with Crippen LogP contribution >= 0.6 is 0 Å². The lowest BCUT2D eigenvalue weighted by Gasteiger charge is -2.40. The van der Waals surface area contributed by atoms with Crippen LogP contribution in [0.3, 0.4) is 0 Å². The molecule has 0 saturated carbocycles. The van der Waals surface area contributed by atoms with Crippen LogP contribution in [0.2, 0.25) is 0 Å². The largest absolute Gasteiger partial charge is 0.496 e. The molecule has 1 unspecified atom stereocenters. The maximum absolute atomic E-state index is 13.0. The minimum Gasteiger partial charge on any atom is -0.496 e. The predicted octanol–water partition coefficient (Wildman–Crippen LogP) is 3.09. The number of nitrogens with one attached hydrogen (secondary N) is 2. The summed E-state index contributed by atoms with van der Waals surface area (Å²) in [6.07, 6.45) is 6.36. The Labute approximate surface area is 201 Å². The van der Waals surface area contributed by atoms with Gasteiger partial charge in [0.2, 0.25) is 0 Å². The van der Waals surface area contributed by atoms with Crippen LogP contribution in [0, 0.1) is 6.92 Å². The molecule has 0 aliphatic carbocycles. The van der Waals surface area contributed by atoms with E-state index in [1.807, 2.05) is 37.3 Å². The number of hydrogen-bond donors (Lipinski definition) is 2. The van der Waals surface area contributed by atoms with Crippen molar-refractivity contribution in [1.29, 1.82) is 0 Å². The molecule has 34 heavy (non-hydrogen) atoms. The van der Waals surface area contributed by atoms with Crippen molar-refractivity contribution < 1.29 is 19.1 Å². The Morgan fingerprint density at radius 2 is 1.85 bits per heavy atom. The minimum atomic E-state index is -0.118. The Balaban J connectivity index is 1.36. The summed E-state index contributed by atoms with van der Waals surface area (Å²) in [5.41, 5.74) is 2.08. The highest BCUT2D eigenvalue weighted by molar-refractivity contribution is 5.96. The van der Waals surface area contributed by atoms with Crippen LogP contribution in [-0.2, 0) is 4.74 Å². The maximum atomic E-state index is 13.0. The van der Waals surface area contributed by atoms with Crippen LogP contribution in [-0.4, -0.2) is 62.3 Å². The lowest BCUT2D eigenvalue weighted by atomic mass is 9.96. The van der Waals surface area contributed by atoms with Gasteiger partial charge in [-0.25, -0.2) is 4.98 Å². The number of benzene rings is 1. The van der Waals surface area contributed by atoms with Gasteiger partial charge in [-0.05, 0) is 63.3 Å². The van der Waals surface area contributed by atoms with E-state index in [4.69, 9.17) is 9.47 Å². The van der Waals surface area contributed by atoms with E-state index in [0.29, 0.717) is 36.4 Å². The zero-order valence-electron chi connectivity index (χ0n) is 20.2. The van der Waals surface area contributed by atoms with Crippen LogP contribution in [0.4, 0.5) is 5.82 Å². The molecule has 4 rings (SSSR count). The fourth-order valence-corrected chi connectivity index (χ4v) is 5.21. The first kappa shape index (κ1) is 24.0. The second-order valence-corrected chi connectivity index (χ2v) is 9.07. The number of carbonyl (C=O) groups excluding carboxylic acids is 2. The highest BCUT2D eigenvalue weighted by Crippen LogP contribution is 2.38. The lowest BCUT2D eigenvalue weighted by Crippen LogP contribution is -2.50. The summed E-state index contributed by atoms with van der Waals surface area (Å²) in [5, 5.41) is 6.14. The van der Waals surface area contributed by atoms with E-state index in [0.717, 1.165) is 49.2 Å². The highest BCUT2D eigenvalue weighted by atomic mass is 16.5. The molecule has 1 aromatic heterocycles. The molecule has 2 amide bonds. The standard InChI is InChI=1S/C26H34N4O4/c1-17-22(6-4-7-23(17)34-3)26(32)29-19-14-20-9-10-21(15-19)30(20)24-11-8-18(16-28-24)25(31)27-12-5-13-33-2/h4,6-8,11,16,19-21H,5,9-10,12-15H2,1-3H3,(H,27,31)(H,29,32)/t19?,20-,21+. The van der Waals surface area contributed by atoms with Crippen LogP contribution in [0.1, 0.15) is 58.4 Å². The summed E-state index contributed by atoms with van der Waals surface area (Å²) in [6, 6.07) is 10.1. The molecule has 3 heterocycles. The van der Waals surface area contributed by atoms with Crippen molar-refractivity contribution in [2.45, 2.75) is 57.2 Å². The van der Waals surface area contributed by atoms with Crippen molar-refractivity contribution in [3.05, 3.63) is 53.2 Å². The second kappa shape index (κ2) is 10.9. The number of piperidine rings is 1. The number of carbonyl (C=O) groups is 2. The molecule has 2 aromatic rings. The Bertz CT molecular complexity index is 996. The molecule has 182 valence electrons. The van der Waals surface area contributed by atoms with Crippen LogP contribution < -0.4 is 20.3 Å². The fourth-order valence-electron chi connectivity index (χ4n) is 5.21. The molecule has 2 fully saturated rings. The molecule has 2 saturated heterocycles. The predicted molar refractivity (Wildman–Crippen MR) is 131 cm³/mol. The van der Waals surface area contributed by atoms with Gasteiger partial charge in [-0.2, -0.15) is 0 Å². The Hall–Kier alpha value is -3.13. The summed E-state index contributed by atoms with van der Waals surface area (Å²) in [6.45, 7) is 3.11. The molecule has 0 spiro atoms. The molecule has 2 aliphatic rings. The summed E-state index contributed by atoms with van der Waals surface area (Å²) in [7, 11) is 3.27. The Morgan fingerprint density at radius 3 is 2.50 bits per heavy atom. The molecule has 2 bridgehead atoms. The fraction of sp³-hybridized carbons (Fsp3) is 0.500. The lowest BCUT2D eigenvalue weighted by molar-refractivity contribution is 0.0923. The average Bonchev–Trinajstić information content (AvgIpc) is 3.12. The maximum Gasteiger partial charge on any atom is 0.252 e. The van der Waals surface area contributed by atoms with Crippen molar-refractivity contribution in [2.75, 3.05) is 32.3 Å². The number of pyridine rings is 1. The van der Waals surface area contributed by atoms with E-state index in [9.17, 15) is 9.59 Å². The molecule has 8 nitrogen and oxygen atoms in total. The number of nitrogens with zero attached hydrogens (tertiary/aromatic N) is 2. The van der Waals surface area contributed by atoms with Crippen molar-refractivity contribution in [1.82, 2.24) is 15.6 Å². The first-order chi connectivity index (χ1) is 16.5. The third kappa shape index (κ3) is 5.17. The topological polar surface area (TPSA) is 92.8 Å². The summed E-state index contributed by atoms with van der Waals surface area (Å²) in [4.78, 5) is 32.3. The van der Waals surface area contributed by atoms with Gasteiger partial charge in [-0.1, -0.05) is 6.07 Å². The minimum absolute atomic E-state index is 0.0479. The molecule has 3 atom stereocenters. The van der Waals surface area contributed by atoms with Gasteiger partial charge in [-0.15, -0.1) is 0 Å². The number of aromatic nitrogens is 1. The summed E-state index contributed by atoms with van der Waals surface area (Å²) in [5.74, 6) is 1.46. The number of methoxy groups -OCH3 is 2. The smallest absolute Gasteiger partial charge is 0.252 e. The SMILES string of the molecule is COCCCNC(=O)c1ccc(N2[C@@H]3CC[C@H]2CC(NC(=O)c2cccc(OC)c2C)C3)nc1. The number of rotatable bonds is 9. The number of hydrogen-bond acceptors (Lipinski definition) is 6. The van der Waals surface area contributed by atoms with Crippen LogP contribution in [0.15, 0.2) is 36.5 Å². The van der Waals surface area contributed by atoms with Gasteiger partial charge in [0.1, 0.15) is 11.6 Å². The van der Waals surface area contributed by atoms with E-state index in [-0.39, 0.29) is 17.9 Å². The number of amides is 2. The van der Waals surface area contributed by atoms with E-state index < -0.39 is 0 Å². The van der Waals surface area contributed by atoms with Gasteiger partial charge < -0.3 is 25.0 Å². The van der Waals surface area contributed by atoms with Crippen LogP contribution in [0.25, 0.3) is 0 Å². The zero-order chi connectivity index (χ0) is 24.1. The van der Waals surface area contributed by atoms with Crippen molar-refractivity contribution in [2.24, 2.45) is 0 Å². The zero-order valence-corrected chi connectivity index (χ0v) is 20.2. The van der Waals surface area contributed by atoms with Gasteiger partial charge in [-0.3, -0.25) is 9.59 Å². The van der Waals surface area contributed by atoms with E-state index >= 15 is 0 Å². The molecule has 0 radical (unpaired) electrons. The third-order valence-corrected chi connectivity index (χ3v) is 6.90. The third-order valence-electron chi connectivity index (χ3n) is 6.90. The quantitative estimate of drug-likeness (QED) is 0.552. The highest BCUT2D eigenvalue weighted by Gasteiger charge is 2.41. The number of fused-ring (bicyclic) bond motifs is 2. The van der Waals surface area contributed by atoms with Crippen molar-refractivity contribution >= 4 is 17.6 Å². The molecule has 2 N–H and O–H groups in total. The molecule has 2 aliphatic heterocycles. The van der Waals surface area contributed by atoms with Gasteiger partial charge in [0.05, 0.1) is 12.7 Å². The van der Waals surface area contributed by atoms with E-state index in [1.54, 1.807) is 20.4 Å². The van der Waals surface area contributed by atoms with E-state index in [2.05, 4.69) is 20.5 Å². The molecular weight excluding hydrogens is 432 g/mol. The summed E-state index contributed by atoms with van der Waals surface area (Å²) >= 11 is 0. The average molecular weight is 467 g/mol. The molecule has 8 heteroatoms. The summed E-state index contributed by atoms with van der Waals surface area (Å²) < 4.78 is 10.4. The van der Waals surface area contributed by atoms with Crippen molar-refractivity contribution in [3.63, 3.8) is 0 Å². The van der Waals surface area contributed by atoms with Gasteiger partial charge in [0.15, 0.2) is 0 Å².